The molecule has 0 rings (SSSR count). The second kappa shape index (κ2) is 4.63. The van der Waals surface area contributed by atoms with E-state index in [1.807, 2.05) is 6.92 Å². The van der Waals surface area contributed by atoms with Crippen molar-refractivity contribution in [2.75, 3.05) is 13.1 Å². The zero-order valence-electron chi connectivity index (χ0n) is 8.65. The largest absolute Gasteiger partial charge is 0.384 e. The van der Waals surface area contributed by atoms with E-state index >= 15 is 0 Å². The highest BCUT2D eigenvalue weighted by atomic mass is 16.3. The van der Waals surface area contributed by atoms with Gasteiger partial charge in [-0.15, -0.1) is 0 Å². The van der Waals surface area contributed by atoms with Crippen LogP contribution >= 0.6 is 0 Å². The summed E-state index contributed by atoms with van der Waals surface area (Å²) < 4.78 is 0. The monoisotopic (exact) mass is 171 g/mol. The van der Waals surface area contributed by atoms with Gasteiger partial charge in [-0.2, -0.15) is 0 Å². The molecule has 0 aromatic carbocycles. The fourth-order valence-electron chi connectivity index (χ4n) is 0.755. The standard InChI is InChI=1S/C10H21NO/c1-8(2)6-11-7-10(5,12)9(3)4/h8,11-12H,3,6-7H2,1-2,4-5H3. The third-order valence-electron chi connectivity index (χ3n) is 1.94. The molecule has 0 aromatic rings. The van der Waals surface area contributed by atoms with Gasteiger partial charge in [0.1, 0.15) is 0 Å². The molecule has 1 atom stereocenters. The quantitative estimate of drug-likeness (QED) is 0.615. The molecule has 72 valence electrons. The lowest BCUT2D eigenvalue weighted by molar-refractivity contribution is 0.0973. The summed E-state index contributed by atoms with van der Waals surface area (Å²) in [6, 6.07) is 0. The van der Waals surface area contributed by atoms with Gasteiger partial charge < -0.3 is 10.4 Å². The second-order valence-electron chi connectivity index (χ2n) is 4.08. The molecular weight excluding hydrogens is 150 g/mol. The Morgan fingerprint density at radius 2 is 2.08 bits per heavy atom. The first-order valence-electron chi connectivity index (χ1n) is 4.45. The van der Waals surface area contributed by atoms with Crippen LogP contribution in [0, 0.1) is 5.92 Å². The van der Waals surface area contributed by atoms with Crippen LogP contribution in [0.2, 0.25) is 0 Å². The molecule has 0 amide bonds. The van der Waals surface area contributed by atoms with Crippen molar-refractivity contribution >= 4 is 0 Å². The fraction of sp³-hybridized carbons (Fsp3) is 0.800. The highest BCUT2D eigenvalue weighted by Gasteiger charge is 2.20. The molecule has 2 N–H and O–H groups in total. The van der Waals surface area contributed by atoms with Gasteiger partial charge in [-0.05, 0) is 31.9 Å². The lowest BCUT2D eigenvalue weighted by Crippen LogP contribution is -2.39. The molecular formula is C10H21NO. The Kier molecular flexibility index (Phi) is 4.50. The fourth-order valence-corrected chi connectivity index (χ4v) is 0.755. The molecule has 1 unspecified atom stereocenters. The average molecular weight is 171 g/mol. The second-order valence-corrected chi connectivity index (χ2v) is 4.08. The maximum atomic E-state index is 9.74. The smallest absolute Gasteiger partial charge is 0.0947 e. The molecule has 2 heteroatoms. The van der Waals surface area contributed by atoms with E-state index < -0.39 is 5.60 Å². The highest BCUT2D eigenvalue weighted by molar-refractivity contribution is 5.07. The highest BCUT2D eigenvalue weighted by Crippen LogP contribution is 2.11. The molecule has 0 aliphatic heterocycles. The minimum absolute atomic E-state index is 0.584. The molecule has 0 saturated heterocycles. The van der Waals surface area contributed by atoms with Crippen LogP contribution in [-0.4, -0.2) is 23.8 Å². The normalized spacial score (nSPS) is 16.2. The summed E-state index contributed by atoms with van der Waals surface area (Å²) in [6.45, 7) is 13.2. The van der Waals surface area contributed by atoms with E-state index in [4.69, 9.17) is 0 Å². The van der Waals surface area contributed by atoms with E-state index in [0.717, 1.165) is 12.1 Å². The van der Waals surface area contributed by atoms with Crippen molar-refractivity contribution in [2.24, 2.45) is 5.92 Å². The Balaban J connectivity index is 3.69. The maximum absolute atomic E-state index is 9.74. The first kappa shape index (κ1) is 11.7. The number of aliphatic hydroxyl groups is 1. The Hall–Kier alpha value is -0.340. The third kappa shape index (κ3) is 4.52. The first-order chi connectivity index (χ1) is 5.36. The van der Waals surface area contributed by atoms with E-state index in [0.29, 0.717) is 12.5 Å². The van der Waals surface area contributed by atoms with E-state index in [-0.39, 0.29) is 0 Å². The topological polar surface area (TPSA) is 32.3 Å². The van der Waals surface area contributed by atoms with E-state index in [2.05, 4.69) is 25.7 Å². The van der Waals surface area contributed by atoms with Crippen LogP contribution in [0.5, 0.6) is 0 Å². The minimum Gasteiger partial charge on any atom is -0.384 e. The minimum atomic E-state index is -0.769. The predicted molar refractivity (Wildman–Crippen MR) is 53.1 cm³/mol. The summed E-state index contributed by atoms with van der Waals surface area (Å²) in [6.07, 6.45) is 0. The van der Waals surface area contributed by atoms with Crippen LogP contribution in [0.25, 0.3) is 0 Å². The summed E-state index contributed by atoms with van der Waals surface area (Å²) in [7, 11) is 0. The average Bonchev–Trinajstić information content (AvgIpc) is 1.85. The molecule has 0 bridgehead atoms. The van der Waals surface area contributed by atoms with Crippen molar-refractivity contribution in [3.05, 3.63) is 12.2 Å². The molecule has 2 nitrogen and oxygen atoms in total. The van der Waals surface area contributed by atoms with Gasteiger partial charge in [-0.1, -0.05) is 20.4 Å². The Morgan fingerprint density at radius 1 is 1.58 bits per heavy atom. The number of hydrogen-bond donors (Lipinski definition) is 2. The van der Waals surface area contributed by atoms with Gasteiger partial charge in [0.15, 0.2) is 0 Å². The SMILES string of the molecule is C=C(C)C(C)(O)CNCC(C)C. The molecule has 0 saturated carbocycles. The van der Waals surface area contributed by atoms with Gasteiger partial charge in [0.25, 0.3) is 0 Å². The lowest BCUT2D eigenvalue weighted by Gasteiger charge is -2.24. The Labute approximate surface area is 75.7 Å². The molecule has 0 radical (unpaired) electrons. The van der Waals surface area contributed by atoms with Crippen LogP contribution < -0.4 is 5.32 Å². The van der Waals surface area contributed by atoms with Crippen LogP contribution in [-0.2, 0) is 0 Å². The van der Waals surface area contributed by atoms with Crippen molar-refractivity contribution in [1.82, 2.24) is 5.32 Å². The van der Waals surface area contributed by atoms with Crippen molar-refractivity contribution in [3.8, 4) is 0 Å². The van der Waals surface area contributed by atoms with Crippen molar-refractivity contribution in [3.63, 3.8) is 0 Å². The van der Waals surface area contributed by atoms with Gasteiger partial charge in [-0.25, -0.2) is 0 Å². The van der Waals surface area contributed by atoms with Crippen molar-refractivity contribution in [2.45, 2.75) is 33.3 Å². The lowest BCUT2D eigenvalue weighted by atomic mass is 9.99. The van der Waals surface area contributed by atoms with E-state index in [1.54, 1.807) is 6.92 Å². The van der Waals surface area contributed by atoms with Crippen LogP contribution in [0.1, 0.15) is 27.7 Å². The van der Waals surface area contributed by atoms with Gasteiger partial charge >= 0.3 is 0 Å². The number of rotatable bonds is 5. The van der Waals surface area contributed by atoms with E-state index in [9.17, 15) is 5.11 Å². The summed E-state index contributed by atoms with van der Waals surface area (Å²) >= 11 is 0. The molecule has 0 aliphatic rings. The molecule has 0 aromatic heterocycles. The summed E-state index contributed by atoms with van der Waals surface area (Å²) in [5.41, 5.74) is 0.0354. The summed E-state index contributed by atoms with van der Waals surface area (Å²) in [5, 5.41) is 12.9. The first-order valence-corrected chi connectivity index (χ1v) is 4.45. The van der Waals surface area contributed by atoms with Crippen molar-refractivity contribution < 1.29 is 5.11 Å². The van der Waals surface area contributed by atoms with E-state index in [1.165, 1.54) is 0 Å². The van der Waals surface area contributed by atoms with Crippen LogP contribution in [0.15, 0.2) is 12.2 Å². The zero-order valence-corrected chi connectivity index (χ0v) is 8.65. The third-order valence-corrected chi connectivity index (χ3v) is 1.94. The number of hydrogen-bond acceptors (Lipinski definition) is 2. The van der Waals surface area contributed by atoms with Gasteiger partial charge in [0.2, 0.25) is 0 Å². The summed E-state index contributed by atoms with van der Waals surface area (Å²) in [4.78, 5) is 0. The molecule has 0 heterocycles. The van der Waals surface area contributed by atoms with Crippen LogP contribution in [0.3, 0.4) is 0 Å². The maximum Gasteiger partial charge on any atom is 0.0947 e. The molecule has 12 heavy (non-hydrogen) atoms. The Bertz CT molecular complexity index is 150. The van der Waals surface area contributed by atoms with Gasteiger partial charge in [-0.3, -0.25) is 0 Å². The summed E-state index contributed by atoms with van der Waals surface area (Å²) in [5.74, 6) is 0.617. The molecule has 0 spiro atoms. The molecule has 0 aliphatic carbocycles. The van der Waals surface area contributed by atoms with Crippen LogP contribution in [0.4, 0.5) is 0 Å². The van der Waals surface area contributed by atoms with Crippen molar-refractivity contribution in [1.29, 1.82) is 0 Å². The van der Waals surface area contributed by atoms with Gasteiger partial charge in [0, 0.05) is 6.54 Å². The zero-order chi connectivity index (χ0) is 9.78. The number of nitrogens with one attached hydrogen (secondary N) is 1. The molecule has 0 fully saturated rings. The Morgan fingerprint density at radius 3 is 2.42 bits per heavy atom. The predicted octanol–water partition coefficient (Wildman–Crippen LogP) is 1.56. The van der Waals surface area contributed by atoms with Gasteiger partial charge in [0.05, 0.1) is 5.60 Å².